The van der Waals surface area contributed by atoms with Crippen molar-refractivity contribution in [1.82, 2.24) is 10.2 Å². The van der Waals surface area contributed by atoms with Gasteiger partial charge >= 0.3 is 0 Å². The molecule has 2 heterocycles. The molecule has 90 valence electrons. The molecule has 0 unspecified atom stereocenters. The highest BCUT2D eigenvalue weighted by Crippen LogP contribution is 2.30. The Balaban J connectivity index is 2.34. The summed E-state index contributed by atoms with van der Waals surface area (Å²) in [5.74, 6) is -0.0365. The van der Waals surface area contributed by atoms with Crippen molar-refractivity contribution in [2.75, 3.05) is 5.32 Å². The van der Waals surface area contributed by atoms with Gasteiger partial charge in [0.25, 0.3) is 0 Å². The van der Waals surface area contributed by atoms with E-state index < -0.39 is 0 Å². The number of H-pyrrole nitrogens is 1. The molecule has 0 bridgehead atoms. The Kier molecular flexibility index (Phi) is 3.28. The Bertz CT molecular complexity index is 514. The third-order valence-corrected chi connectivity index (χ3v) is 3.20. The summed E-state index contributed by atoms with van der Waals surface area (Å²) in [6, 6.07) is 1.99. The maximum absolute atomic E-state index is 11.7. The van der Waals surface area contributed by atoms with Crippen LogP contribution in [0.5, 0.6) is 0 Å². The lowest BCUT2D eigenvalue weighted by Gasteiger charge is -2.08. The number of nitrogens with zero attached hydrogens (tertiary/aromatic N) is 1. The molecule has 4 nitrogen and oxygen atoms in total. The molecule has 0 aliphatic rings. The van der Waals surface area contributed by atoms with E-state index in [1.165, 1.54) is 0 Å². The molecule has 5 heteroatoms. The van der Waals surface area contributed by atoms with Crippen LogP contribution in [0, 0.1) is 12.8 Å². The number of aromatic nitrogens is 2. The van der Waals surface area contributed by atoms with Crippen LogP contribution >= 0.6 is 11.3 Å². The summed E-state index contributed by atoms with van der Waals surface area (Å²) < 4.78 is 0. The first-order valence-corrected chi connectivity index (χ1v) is 6.42. The van der Waals surface area contributed by atoms with E-state index in [1.807, 2.05) is 37.6 Å². The van der Waals surface area contributed by atoms with E-state index in [0.29, 0.717) is 0 Å². The predicted molar refractivity (Wildman–Crippen MR) is 70.1 cm³/mol. The number of rotatable bonds is 3. The lowest BCUT2D eigenvalue weighted by atomic mass is 10.1. The number of nitrogens with one attached hydrogen (secondary N) is 2. The zero-order chi connectivity index (χ0) is 12.4. The maximum atomic E-state index is 11.7. The number of aryl methyl sites for hydroxylation is 1. The van der Waals surface area contributed by atoms with Crippen LogP contribution in [-0.4, -0.2) is 16.1 Å². The largest absolute Gasteiger partial charge is 0.322 e. The highest BCUT2D eigenvalue weighted by atomic mass is 32.1. The van der Waals surface area contributed by atoms with Crippen LogP contribution in [0.4, 0.5) is 5.69 Å². The van der Waals surface area contributed by atoms with Gasteiger partial charge in [-0.2, -0.15) is 16.4 Å². The monoisotopic (exact) mass is 249 g/mol. The minimum atomic E-state index is -0.0420. The number of aromatic amines is 1. The Labute approximate surface area is 104 Å². The second-order valence-electron chi connectivity index (χ2n) is 4.23. The second-order valence-corrected chi connectivity index (χ2v) is 5.01. The maximum Gasteiger partial charge on any atom is 0.227 e. The average Bonchev–Trinajstić information content (AvgIpc) is 2.89. The Morgan fingerprint density at radius 1 is 1.53 bits per heavy atom. The SMILES string of the molecule is Cc1[nH]nc(-c2ccsc2)c1NC(=O)C(C)C. The van der Waals surface area contributed by atoms with Crippen molar-refractivity contribution >= 4 is 22.9 Å². The van der Waals surface area contributed by atoms with E-state index in [9.17, 15) is 4.79 Å². The van der Waals surface area contributed by atoms with Crippen LogP contribution in [0.15, 0.2) is 16.8 Å². The standard InChI is InChI=1S/C12H15N3OS/c1-7(2)12(16)13-10-8(3)14-15-11(10)9-4-5-17-6-9/h4-7H,1-3H3,(H,13,16)(H,14,15). The molecule has 0 aliphatic carbocycles. The molecule has 1 amide bonds. The third-order valence-electron chi connectivity index (χ3n) is 2.51. The number of carbonyl (C=O) groups is 1. The fraction of sp³-hybridized carbons (Fsp3) is 0.333. The van der Waals surface area contributed by atoms with E-state index in [1.54, 1.807) is 11.3 Å². The summed E-state index contributed by atoms with van der Waals surface area (Å²) in [6.07, 6.45) is 0. The van der Waals surface area contributed by atoms with Crippen LogP contribution < -0.4 is 5.32 Å². The predicted octanol–water partition coefficient (Wildman–Crippen LogP) is 3.04. The van der Waals surface area contributed by atoms with Crippen molar-refractivity contribution < 1.29 is 4.79 Å². The summed E-state index contributed by atoms with van der Waals surface area (Å²) in [7, 11) is 0. The average molecular weight is 249 g/mol. The molecular formula is C12H15N3OS. The van der Waals surface area contributed by atoms with Gasteiger partial charge < -0.3 is 5.32 Å². The summed E-state index contributed by atoms with van der Waals surface area (Å²) in [4.78, 5) is 11.7. The summed E-state index contributed by atoms with van der Waals surface area (Å²) in [5.41, 5.74) is 3.48. The molecule has 2 aromatic heterocycles. The lowest BCUT2D eigenvalue weighted by Crippen LogP contribution is -2.18. The molecule has 0 aromatic carbocycles. The Morgan fingerprint density at radius 2 is 2.29 bits per heavy atom. The first kappa shape index (κ1) is 11.9. The van der Waals surface area contributed by atoms with E-state index in [4.69, 9.17) is 0 Å². The Hall–Kier alpha value is -1.62. The zero-order valence-electron chi connectivity index (χ0n) is 10.1. The van der Waals surface area contributed by atoms with E-state index in [-0.39, 0.29) is 11.8 Å². The molecule has 0 radical (unpaired) electrons. The van der Waals surface area contributed by atoms with Gasteiger partial charge in [-0.3, -0.25) is 9.89 Å². The number of anilines is 1. The fourth-order valence-corrected chi connectivity index (χ4v) is 2.10. The van der Waals surface area contributed by atoms with Gasteiger partial charge in [0.1, 0.15) is 5.69 Å². The first-order chi connectivity index (χ1) is 8.09. The number of amides is 1. The molecule has 0 saturated heterocycles. The van der Waals surface area contributed by atoms with Gasteiger partial charge in [-0.15, -0.1) is 0 Å². The summed E-state index contributed by atoms with van der Waals surface area (Å²) >= 11 is 1.61. The fourth-order valence-electron chi connectivity index (χ4n) is 1.46. The van der Waals surface area contributed by atoms with Gasteiger partial charge in [-0.1, -0.05) is 13.8 Å². The molecule has 0 spiro atoms. The van der Waals surface area contributed by atoms with Gasteiger partial charge in [0.2, 0.25) is 5.91 Å². The van der Waals surface area contributed by atoms with Crippen LogP contribution in [0.2, 0.25) is 0 Å². The highest BCUT2D eigenvalue weighted by Gasteiger charge is 2.16. The molecule has 0 atom stereocenters. The molecule has 0 saturated carbocycles. The van der Waals surface area contributed by atoms with Crippen LogP contribution in [0.3, 0.4) is 0 Å². The number of hydrogen-bond donors (Lipinski definition) is 2. The highest BCUT2D eigenvalue weighted by molar-refractivity contribution is 7.08. The smallest absolute Gasteiger partial charge is 0.227 e. The van der Waals surface area contributed by atoms with Gasteiger partial charge in [-0.05, 0) is 18.4 Å². The minimum absolute atomic E-state index is 0.00554. The second kappa shape index (κ2) is 4.71. The van der Waals surface area contributed by atoms with Crippen molar-refractivity contribution in [3.05, 3.63) is 22.5 Å². The van der Waals surface area contributed by atoms with Crippen molar-refractivity contribution in [1.29, 1.82) is 0 Å². The molecule has 0 fully saturated rings. The van der Waals surface area contributed by atoms with Crippen molar-refractivity contribution in [3.63, 3.8) is 0 Å². The van der Waals surface area contributed by atoms with E-state index >= 15 is 0 Å². The molecule has 17 heavy (non-hydrogen) atoms. The van der Waals surface area contributed by atoms with Crippen molar-refractivity contribution in [2.24, 2.45) is 5.92 Å². The van der Waals surface area contributed by atoms with Crippen LogP contribution in [0.25, 0.3) is 11.3 Å². The van der Waals surface area contributed by atoms with Crippen LogP contribution in [-0.2, 0) is 4.79 Å². The third kappa shape index (κ3) is 2.39. The van der Waals surface area contributed by atoms with Gasteiger partial charge in [-0.25, -0.2) is 0 Å². The van der Waals surface area contributed by atoms with Gasteiger partial charge in [0.05, 0.1) is 11.4 Å². The molecular weight excluding hydrogens is 234 g/mol. The number of thiophene rings is 1. The van der Waals surface area contributed by atoms with Gasteiger partial charge in [0.15, 0.2) is 0 Å². The quantitative estimate of drug-likeness (QED) is 0.878. The zero-order valence-corrected chi connectivity index (χ0v) is 10.9. The van der Waals surface area contributed by atoms with E-state index in [0.717, 1.165) is 22.6 Å². The lowest BCUT2D eigenvalue weighted by molar-refractivity contribution is -0.118. The molecule has 2 aromatic rings. The minimum Gasteiger partial charge on any atom is -0.322 e. The van der Waals surface area contributed by atoms with Gasteiger partial charge in [0, 0.05) is 16.9 Å². The van der Waals surface area contributed by atoms with Crippen molar-refractivity contribution in [2.45, 2.75) is 20.8 Å². The normalized spacial score (nSPS) is 10.8. The number of carbonyl (C=O) groups excluding carboxylic acids is 1. The van der Waals surface area contributed by atoms with Crippen molar-refractivity contribution in [3.8, 4) is 11.3 Å². The molecule has 2 rings (SSSR count). The summed E-state index contributed by atoms with van der Waals surface area (Å²) in [5, 5.41) is 14.1. The topological polar surface area (TPSA) is 57.8 Å². The van der Waals surface area contributed by atoms with Crippen LogP contribution in [0.1, 0.15) is 19.5 Å². The Morgan fingerprint density at radius 3 is 2.88 bits per heavy atom. The molecule has 2 N–H and O–H groups in total. The number of hydrogen-bond acceptors (Lipinski definition) is 3. The van der Waals surface area contributed by atoms with E-state index in [2.05, 4.69) is 15.5 Å². The molecule has 0 aliphatic heterocycles. The summed E-state index contributed by atoms with van der Waals surface area (Å²) in [6.45, 7) is 5.64. The first-order valence-electron chi connectivity index (χ1n) is 5.48.